The first-order valence-corrected chi connectivity index (χ1v) is 6.62. The summed E-state index contributed by atoms with van der Waals surface area (Å²) in [5, 5.41) is 3.74. The number of aryl methyl sites for hydroxylation is 1. The Morgan fingerprint density at radius 1 is 1.14 bits per heavy atom. The minimum absolute atomic E-state index is 0.0384. The van der Waals surface area contributed by atoms with Gasteiger partial charge in [0.25, 0.3) is 0 Å². The van der Waals surface area contributed by atoms with Gasteiger partial charge < -0.3 is 9.88 Å². The number of aromatic nitrogens is 3. The average molecular weight is 306 g/mol. The van der Waals surface area contributed by atoms with Gasteiger partial charge in [-0.05, 0) is 17.7 Å². The predicted octanol–water partition coefficient (Wildman–Crippen LogP) is 3.60. The normalized spacial score (nSPS) is 11.8. The van der Waals surface area contributed by atoms with Crippen molar-refractivity contribution in [1.29, 1.82) is 0 Å². The number of benzene rings is 1. The van der Waals surface area contributed by atoms with Crippen molar-refractivity contribution in [3.63, 3.8) is 0 Å². The molecule has 0 aliphatic rings. The molecular weight excluding hydrogens is 293 g/mol. The standard InChI is InChI=1S/C15H13F3N4/c1-22-7-6-11-13(20-9-21-14(11)22)19-8-10-4-2-3-5-12(10)15(16,17)18/h2-7,9H,8H2,1H3,(H,19,20,21). The molecular formula is C15H13F3N4. The monoisotopic (exact) mass is 306 g/mol. The van der Waals surface area contributed by atoms with Crippen LogP contribution in [0.2, 0.25) is 0 Å². The van der Waals surface area contributed by atoms with E-state index in [-0.39, 0.29) is 12.1 Å². The van der Waals surface area contributed by atoms with Crippen molar-refractivity contribution in [3.05, 3.63) is 54.0 Å². The smallest absolute Gasteiger partial charge is 0.365 e. The van der Waals surface area contributed by atoms with E-state index >= 15 is 0 Å². The van der Waals surface area contributed by atoms with Crippen LogP contribution in [-0.4, -0.2) is 14.5 Å². The largest absolute Gasteiger partial charge is 0.416 e. The summed E-state index contributed by atoms with van der Waals surface area (Å²) in [6, 6.07) is 7.33. The maximum Gasteiger partial charge on any atom is 0.416 e. The van der Waals surface area contributed by atoms with Crippen LogP contribution in [0.15, 0.2) is 42.9 Å². The second kappa shape index (κ2) is 5.32. The Labute approximate surface area is 124 Å². The van der Waals surface area contributed by atoms with Gasteiger partial charge >= 0.3 is 6.18 Å². The van der Waals surface area contributed by atoms with Crippen LogP contribution < -0.4 is 5.32 Å². The van der Waals surface area contributed by atoms with Crippen molar-refractivity contribution in [2.75, 3.05) is 5.32 Å². The maximum atomic E-state index is 13.0. The molecule has 0 aliphatic carbocycles. The van der Waals surface area contributed by atoms with Crippen LogP contribution >= 0.6 is 0 Å². The molecule has 22 heavy (non-hydrogen) atoms. The second-order valence-corrected chi connectivity index (χ2v) is 4.89. The molecule has 4 nitrogen and oxygen atoms in total. The van der Waals surface area contributed by atoms with Crippen LogP contribution in [0.1, 0.15) is 11.1 Å². The number of rotatable bonds is 3. The fourth-order valence-electron chi connectivity index (χ4n) is 2.35. The van der Waals surface area contributed by atoms with Crippen LogP contribution in [0.3, 0.4) is 0 Å². The van der Waals surface area contributed by atoms with Gasteiger partial charge in [-0.2, -0.15) is 13.2 Å². The van der Waals surface area contributed by atoms with Crippen LogP contribution in [0.4, 0.5) is 19.0 Å². The fraction of sp³-hybridized carbons (Fsp3) is 0.200. The Bertz CT molecular complexity index is 808. The van der Waals surface area contributed by atoms with E-state index in [9.17, 15) is 13.2 Å². The summed E-state index contributed by atoms with van der Waals surface area (Å²) < 4.78 is 40.7. The van der Waals surface area contributed by atoms with Crippen molar-refractivity contribution >= 4 is 16.9 Å². The molecule has 0 radical (unpaired) electrons. The molecule has 0 aliphatic heterocycles. The third-order valence-corrected chi connectivity index (χ3v) is 3.43. The van der Waals surface area contributed by atoms with Crippen molar-refractivity contribution < 1.29 is 13.2 Å². The Hall–Kier alpha value is -2.57. The van der Waals surface area contributed by atoms with Gasteiger partial charge in [0.05, 0.1) is 10.9 Å². The van der Waals surface area contributed by atoms with Gasteiger partial charge in [-0.1, -0.05) is 18.2 Å². The molecule has 0 saturated carbocycles. The molecule has 7 heteroatoms. The molecule has 0 atom stereocenters. The molecule has 2 aromatic heterocycles. The van der Waals surface area contributed by atoms with Crippen molar-refractivity contribution in [2.24, 2.45) is 7.05 Å². The summed E-state index contributed by atoms with van der Waals surface area (Å²) in [6.45, 7) is 0.0384. The summed E-state index contributed by atoms with van der Waals surface area (Å²) in [4.78, 5) is 8.26. The first-order chi connectivity index (χ1) is 10.5. The number of anilines is 1. The number of nitrogens with one attached hydrogen (secondary N) is 1. The van der Waals surface area contributed by atoms with Crippen molar-refractivity contribution in [2.45, 2.75) is 12.7 Å². The van der Waals surface area contributed by atoms with Gasteiger partial charge in [0.1, 0.15) is 17.8 Å². The number of halogens is 3. The zero-order chi connectivity index (χ0) is 15.7. The third kappa shape index (κ3) is 2.61. The third-order valence-electron chi connectivity index (χ3n) is 3.43. The molecule has 3 aromatic rings. The molecule has 1 aromatic carbocycles. The Kier molecular flexibility index (Phi) is 3.48. The number of hydrogen-bond acceptors (Lipinski definition) is 3. The molecule has 3 rings (SSSR count). The minimum Gasteiger partial charge on any atom is -0.365 e. The minimum atomic E-state index is -4.37. The van der Waals surface area contributed by atoms with Gasteiger partial charge in [0.2, 0.25) is 0 Å². The Morgan fingerprint density at radius 2 is 1.91 bits per heavy atom. The highest BCUT2D eigenvalue weighted by atomic mass is 19.4. The lowest BCUT2D eigenvalue weighted by Gasteiger charge is -2.13. The molecule has 0 fully saturated rings. The van der Waals surface area contributed by atoms with Gasteiger partial charge in [0, 0.05) is 19.8 Å². The SMILES string of the molecule is Cn1ccc2c(NCc3ccccc3C(F)(F)F)ncnc21. The Morgan fingerprint density at radius 3 is 2.68 bits per heavy atom. The second-order valence-electron chi connectivity index (χ2n) is 4.89. The van der Waals surface area contributed by atoms with E-state index in [1.165, 1.54) is 18.5 Å². The highest BCUT2D eigenvalue weighted by Crippen LogP contribution is 2.32. The summed E-state index contributed by atoms with van der Waals surface area (Å²) >= 11 is 0. The first kappa shape index (κ1) is 14.4. The zero-order valence-corrected chi connectivity index (χ0v) is 11.7. The van der Waals surface area contributed by atoms with E-state index in [4.69, 9.17) is 0 Å². The zero-order valence-electron chi connectivity index (χ0n) is 11.7. The van der Waals surface area contributed by atoms with Crippen molar-refractivity contribution in [1.82, 2.24) is 14.5 Å². The van der Waals surface area contributed by atoms with E-state index in [0.717, 1.165) is 17.1 Å². The molecule has 0 saturated heterocycles. The summed E-state index contributed by atoms with van der Waals surface area (Å²) in [5.41, 5.74) is 0.264. The van der Waals surface area contributed by atoms with E-state index in [1.807, 2.05) is 23.9 Å². The lowest BCUT2D eigenvalue weighted by Crippen LogP contribution is -2.12. The van der Waals surface area contributed by atoms with Gasteiger partial charge in [0.15, 0.2) is 0 Å². The molecule has 2 heterocycles. The molecule has 0 amide bonds. The van der Waals surface area contributed by atoms with Gasteiger partial charge in [-0.25, -0.2) is 9.97 Å². The number of alkyl halides is 3. The number of nitrogens with zero attached hydrogens (tertiary/aromatic N) is 3. The first-order valence-electron chi connectivity index (χ1n) is 6.62. The lowest BCUT2D eigenvalue weighted by atomic mass is 10.1. The van der Waals surface area contributed by atoms with E-state index < -0.39 is 11.7 Å². The molecule has 114 valence electrons. The molecule has 1 N–H and O–H groups in total. The van der Waals surface area contributed by atoms with E-state index in [1.54, 1.807) is 6.07 Å². The quantitative estimate of drug-likeness (QED) is 0.804. The lowest BCUT2D eigenvalue weighted by molar-refractivity contribution is -0.138. The highest BCUT2D eigenvalue weighted by Gasteiger charge is 2.32. The van der Waals surface area contributed by atoms with Gasteiger partial charge in [-0.15, -0.1) is 0 Å². The number of hydrogen-bond donors (Lipinski definition) is 1. The Balaban J connectivity index is 1.89. The van der Waals surface area contributed by atoms with Crippen molar-refractivity contribution in [3.8, 4) is 0 Å². The summed E-state index contributed by atoms with van der Waals surface area (Å²) in [6.07, 6.45) is -1.15. The average Bonchev–Trinajstić information content (AvgIpc) is 2.87. The molecule has 0 spiro atoms. The van der Waals surface area contributed by atoms with Crippen LogP contribution in [-0.2, 0) is 19.8 Å². The number of fused-ring (bicyclic) bond motifs is 1. The molecule has 0 bridgehead atoms. The van der Waals surface area contributed by atoms with Crippen LogP contribution in [0.25, 0.3) is 11.0 Å². The fourth-order valence-corrected chi connectivity index (χ4v) is 2.35. The highest BCUT2D eigenvalue weighted by molar-refractivity contribution is 5.87. The predicted molar refractivity (Wildman–Crippen MR) is 77.3 cm³/mol. The molecule has 0 unspecified atom stereocenters. The summed E-state index contributed by atoms with van der Waals surface area (Å²) in [7, 11) is 1.85. The van der Waals surface area contributed by atoms with E-state index in [2.05, 4.69) is 15.3 Å². The van der Waals surface area contributed by atoms with E-state index in [0.29, 0.717) is 5.82 Å². The summed E-state index contributed by atoms with van der Waals surface area (Å²) in [5.74, 6) is 0.516. The van der Waals surface area contributed by atoms with Crippen LogP contribution in [0, 0.1) is 0 Å². The van der Waals surface area contributed by atoms with Crippen LogP contribution in [0.5, 0.6) is 0 Å². The van der Waals surface area contributed by atoms with Gasteiger partial charge in [-0.3, -0.25) is 0 Å². The maximum absolute atomic E-state index is 13.0. The topological polar surface area (TPSA) is 42.7 Å².